The molecule has 2 heterocycles. The molecular formula is C23H27N5O3. The number of benzene rings is 2. The van der Waals surface area contributed by atoms with Crippen LogP contribution in [0.15, 0.2) is 48.3 Å². The van der Waals surface area contributed by atoms with Crippen LogP contribution in [0, 0.1) is 0 Å². The number of imidazole rings is 1. The summed E-state index contributed by atoms with van der Waals surface area (Å²) in [5, 5.41) is 0. The molecule has 1 aliphatic heterocycles. The van der Waals surface area contributed by atoms with E-state index in [1.165, 1.54) is 0 Å². The first-order valence-corrected chi connectivity index (χ1v) is 10.1. The summed E-state index contributed by atoms with van der Waals surface area (Å²) in [7, 11) is 7.15. The van der Waals surface area contributed by atoms with E-state index in [1.54, 1.807) is 20.3 Å². The predicted octanol–water partition coefficient (Wildman–Crippen LogP) is 2.62. The molecule has 0 radical (unpaired) electrons. The molecule has 0 saturated carbocycles. The van der Waals surface area contributed by atoms with Crippen molar-refractivity contribution in [1.82, 2.24) is 14.9 Å². The molecule has 0 aliphatic carbocycles. The van der Waals surface area contributed by atoms with E-state index in [0.717, 1.165) is 23.3 Å². The third-order valence-corrected chi connectivity index (χ3v) is 5.47. The summed E-state index contributed by atoms with van der Waals surface area (Å²) < 4.78 is 10.9. The number of H-pyrrole nitrogens is 1. The number of aromatic nitrogens is 2. The van der Waals surface area contributed by atoms with Crippen LogP contribution in [-0.4, -0.2) is 61.6 Å². The summed E-state index contributed by atoms with van der Waals surface area (Å²) in [5.41, 5.74) is 9.39. The number of hydrogen-bond acceptors (Lipinski definition) is 7. The lowest BCUT2D eigenvalue weighted by Crippen LogP contribution is -2.38. The van der Waals surface area contributed by atoms with Crippen LogP contribution in [-0.2, 0) is 4.79 Å². The molecule has 0 spiro atoms. The van der Waals surface area contributed by atoms with Crippen LogP contribution in [0.5, 0.6) is 11.5 Å². The second-order valence-corrected chi connectivity index (χ2v) is 7.78. The number of rotatable bonds is 7. The highest BCUT2D eigenvalue weighted by Gasteiger charge is 2.41. The standard InChI is InChI=1S/C23H27N5O3/c1-27(2)10-9-19-21(29)20(23-25-17-7-5-6-8-18(17)26-23)22(24)28(19)14-11-15(30-3)13-16(12-14)31-4/h5-8,11-13,19H,9-10,24H2,1-4H3,(H,25,26). The number of methoxy groups -OCH3 is 2. The maximum Gasteiger partial charge on any atom is 0.193 e. The van der Waals surface area contributed by atoms with Crippen molar-refractivity contribution in [2.45, 2.75) is 12.5 Å². The molecule has 1 unspecified atom stereocenters. The van der Waals surface area contributed by atoms with Crippen molar-refractivity contribution >= 4 is 28.1 Å². The van der Waals surface area contributed by atoms with Gasteiger partial charge in [0.15, 0.2) is 5.78 Å². The van der Waals surface area contributed by atoms with Crippen molar-refractivity contribution in [2.24, 2.45) is 5.73 Å². The number of Topliss-reactive ketones (excluding diaryl/α,β-unsaturated/α-hetero) is 1. The smallest absolute Gasteiger partial charge is 0.193 e. The van der Waals surface area contributed by atoms with E-state index >= 15 is 0 Å². The number of aromatic amines is 1. The molecule has 3 aromatic rings. The number of carbonyl (C=O) groups is 1. The number of fused-ring (bicyclic) bond motifs is 1. The Morgan fingerprint density at radius 2 is 1.81 bits per heavy atom. The Hall–Kier alpha value is -3.52. The monoisotopic (exact) mass is 421 g/mol. The molecule has 1 atom stereocenters. The Balaban J connectivity index is 1.84. The van der Waals surface area contributed by atoms with Crippen LogP contribution in [0.25, 0.3) is 16.6 Å². The first-order valence-electron chi connectivity index (χ1n) is 10.1. The first kappa shape index (κ1) is 20.7. The number of nitrogens with zero attached hydrogens (tertiary/aromatic N) is 3. The third-order valence-electron chi connectivity index (χ3n) is 5.47. The van der Waals surface area contributed by atoms with E-state index in [9.17, 15) is 4.79 Å². The maximum atomic E-state index is 13.6. The number of nitrogens with two attached hydrogens (primary N) is 1. The molecule has 2 aromatic carbocycles. The van der Waals surface area contributed by atoms with Gasteiger partial charge in [-0.2, -0.15) is 0 Å². The average Bonchev–Trinajstić information content (AvgIpc) is 3.29. The lowest BCUT2D eigenvalue weighted by molar-refractivity contribution is -0.114. The summed E-state index contributed by atoms with van der Waals surface area (Å²) in [6.07, 6.45) is 0.607. The van der Waals surface area contributed by atoms with Crippen LogP contribution in [0.2, 0.25) is 0 Å². The van der Waals surface area contributed by atoms with Gasteiger partial charge in [-0.3, -0.25) is 4.79 Å². The summed E-state index contributed by atoms with van der Waals surface area (Å²) >= 11 is 0. The van der Waals surface area contributed by atoms with Crippen molar-refractivity contribution in [3.63, 3.8) is 0 Å². The number of nitrogens with one attached hydrogen (secondary N) is 1. The molecule has 0 saturated heterocycles. The van der Waals surface area contributed by atoms with Gasteiger partial charge in [-0.25, -0.2) is 4.98 Å². The van der Waals surface area contributed by atoms with Gasteiger partial charge in [-0.1, -0.05) is 12.1 Å². The van der Waals surface area contributed by atoms with E-state index in [-0.39, 0.29) is 5.78 Å². The van der Waals surface area contributed by atoms with Crippen LogP contribution < -0.4 is 20.1 Å². The number of anilines is 1. The van der Waals surface area contributed by atoms with Gasteiger partial charge < -0.3 is 30.0 Å². The highest BCUT2D eigenvalue weighted by Crippen LogP contribution is 2.38. The molecule has 0 bridgehead atoms. The molecule has 4 rings (SSSR count). The van der Waals surface area contributed by atoms with Crippen molar-refractivity contribution in [3.8, 4) is 11.5 Å². The van der Waals surface area contributed by atoms with Crippen molar-refractivity contribution in [2.75, 3.05) is 39.8 Å². The fourth-order valence-electron chi connectivity index (χ4n) is 3.90. The Bertz CT molecular complexity index is 1100. The molecule has 162 valence electrons. The van der Waals surface area contributed by atoms with Crippen LogP contribution in [0.1, 0.15) is 12.2 Å². The molecule has 1 aromatic heterocycles. The van der Waals surface area contributed by atoms with E-state index in [0.29, 0.717) is 35.1 Å². The Morgan fingerprint density at radius 1 is 1.13 bits per heavy atom. The number of carbonyl (C=O) groups excluding carboxylic acids is 1. The zero-order valence-corrected chi connectivity index (χ0v) is 18.2. The fraction of sp³-hybridized carbons (Fsp3) is 0.304. The van der Waals surface area contributed by atoms with E-state index in [2.05, 4.69) is 9.97 Å². The number of ether oxygens (including phenoxy) is 2. The van der Waals surface area contributed by atoms with Crippen molar-refractivity contribution in [1.29, 1.82) is 0 Å². The first-order chi connectivity index (χ1) is 14.9. The van der Waals surface area contributed by atoms with Gasteiger partial charge in [0.05, 0.1) is 30.9 Å². The van der Waals surface area contributed by atoms with Crippen LogP contribution in [0.4, 0.5) is 5.69 Å². The van der Waals surface area contributed by atoms with Gasteiger partial charge in [0.2, 0.25) is 0 Å². The zero-order chi connectivity index (χ0) is 22.1. The molecule has 1 aliphatic rings. The van der Waals surface area contributed by atoms with Crippen molar-refractivity contribution < 1.29 is 14.3 Å². The molecule has 0 fully saturated rings. The molecule has 3 N–H and O–H groups in total. The fourth-order valence-corrected chi connectivity index (χ4v) is 3.90. The molecule has 8 nitrogen and oxygen atoms in total. The quantitative estimate of drug-likeness (QED) is 0.605. The van der Waals surface area contributed by atoms with Gasteiger partial charge in [0.1, 0.15) is 34.8 Å². The van der Waals surface area contributed by atoms with Gasteiger partial charge >= 0.3 is 0 Å². The topological polar surface area (TPSA) is 96.7 Å². The number of para-hydroxylation sites is 2. The average molecular weight is 422 g/mol. The number of ketones is 1. The largest absolute Gasteiger partial charge is 0.497 e. The minimum atomic E-state index is -0.456. The molecular weight excluding hydrogens is 394 g/mol. The highest BCUT2D eigenvalue weighted by molar-refractivity contribution is 6.27. The van der Waals surface area contributed by atoms with Gasteiger partial charge in [0, 0.05) is 18.2 Å². The lowest BCUT2D eigenvalue weighted by atomic mass is 10.0. The summed E-state index contributed by atoms with van der Waals surface area (Å²) in [6, 6.07) is 12.7. The Morgan fingerprint density at radius 3 is 2.42 bits per heavy atom. The molecule has 31 heavy (non-hydrogen) atoms. The second-order valence-electron chi connectivity index (χ2n) is 7.78. The Labute approximate surface area is 181 Å². The summed E-state index contributed by atoms with van der Waals surface area (Å²) in [6.45, 7) is 0.731. The minimum absolute atomic E-state index is 0.0554. The second kappa shape index (κ2) is 8.31. The molecule has 8 heteroatoms. The lowest BCUT2D eigenvalue weighted by Gasteiger charge is -2.28. The molecule has 0 amide bonds. The van der Waals surface area contributed by atoms with Gasteiger partial charge in [-0.15, -0.1) is 0 Å². The van der Waals surface area contributed by atoms with E-state index in [4.69, 9.17) is 15.2 Å². The van der Waals surface area contributed by atoms with Crippen LogP contribution >= 0.6 is 0 Å². The van der Waals surface area contributed by atoms with Gasteiger partial charge in [-0.05, 0) is 39.2 Å². The summed E-state index contributed by atoms with van der Waals surface area (Å²) in [4.78, 5) is 25.4. The Kier molecular flexibility index (Phi) is 5.56. The minimum Gasteiger partial charge on any atom is -0.497 e. The third kappa shape index (κ3) is 3.82. The maximum absolute atomic E-state index is 13.6. The normalized spacial score (nSPS) is 16.6. The number of hydrogen-bond donors (Lipinski definition) is 2. The van der Waals surface area contributed by atoms with E-state index in [1.807, 2.05) is 60.3 Å². The predicted molar refractivity (Wildman–Crippen MR) is 121 cm³/mol. The van der Waals surface area contributed by atoms with Crippen LogP contribution in [0.3, 0.4) is 0 Å². The van der Waals surface area contributed by atoms with Gasteiger partial charge in [0.25, 0.3) is 0 Å². The van der Waals surface area contributed by atoms with Crippen molar-refractivity contribution in [3.05, 3.63) is 54.1 Å². The SMILES string of the molecule is COc1cc(OC)cc(N2C(N)=C(c3nc4ccccc4[nH]3)C(=O)C2CCN(C)C)c1. The summed E-state index contributed by atoms with van der Waals surface area (Å²) in [5.74, 6) is 2.04. The zero-order valence-electron chi connectivity index (χ0n) is 18.2. The highest BCUT2D eigenvalue weighted by atomic mass is 16.5. The van der Waals surface area contributed by atoms with E-state index < -0.39 is 6.04 Å².